The summed E-state index contributed by atoms with van der Waals surface area (Å²) in [7, 11) is 0. The lowest BCUT2D eigenvalue weighted by atomic mass is 10.1. The molecule has 0 amide bonds. The van der Waals surface area contributed by atoms with Crippen molar-refractivity contribution in [1.82, 2.24) is 4.90 Å². The Bertz CT molecular complexity index is 539. The van der Waals surface area contributed by atoms with E-state index in [-0.39, 0.29) is 0 Å². The van der Waals surface area contributed by atoms with Gasteiger partial charge in [-0.1, -0.05) is 18.9 Å². The maximum atomic E-state index is 5.76. The van der Waals surface area contributed by atoms with Gasteiger partial charge in [0.05, 0.1) is 0 Å². The highest BCUT2D eigenvalue weighted by Crippen LogP contribution is 2.28. The zero-order chi connectivity index (χ0) is 13.1. The summed E-state index contributed by atoms with van der Waals surface area (Å²) in [6.45, 7) is 4.25. The van der Waals surface area contributed by atoms with Crippen molar-refractivity contribution in [3.8, 4) is 0 Å². The molecule has 1 aliphatic rings. The van der Waals surface area contributed by atoms with Crippen LogP contribution in [-0.2, 0) is 13.1 Å². The van der Waals surface area contributed by atoms with E-state index in [1.54, 1.807) is 0 Å². The average molecular weight is 274 g/mol. The lowest BCUT2D eigenvalue weighted by Gasteiger charge is -2.19. The molecule has 1 aromatic heterocycles. The van der Waals surface area contributed by atoms with Gasteiger partial charge in [-0.25, -0.2) is 0 Å². The molecule has 19 heavy (non-hydrogen) atoms. The summed E-state index contributed by atoms with van der Waals surface area (Å²) in [6, 6.07) is 6.64. The molecule has 0 unspecified atom stereocenters. The van der Waals surface area contributed by atoms with Crippen LogP contribution in [0.3, 0.4) is 0 Å². The third kappa shape index (κ3) is 2.99. The van der Waals surface area contributed by atoms with Gasteiger partial charge in [0.1, 0.15) is 0 Å². The van der Waals surface area contributed by atoms with Gasteiger partial charge < -0.3 is 5.73 Å². The van der Waals surface area contributed by atoms with Gasteiger partial charge in [-0.2, -0.15) is 0 Å². The van der Waals surface area contributed by atoms with Gasteiger partial charge in [0.25, 0.3) is 0 Å². The first kappa shape index (κ1) is 13.1. The van der Waals surface area contributed by atoms with E-state index in [0.29, 0.717) is 6.54 Å². The third-order valence-electron chi connectivity index (χ3n) is 4.05. The average Bonchev–Trinajstić information content (AvgIpc) is 2.66. The molecule has 0 spiro atoms. The maximum absolute atomic E-state index is 5.76. The van der Waals surface area contributed by atoms with E-state index >= 15 is 0 Å². The van der Waals surface area contributed by atoms with Crippen molar-refractivity contribution < 1.29 is 0 Å². The molecule has 0 saturated carbocycles. The number of fused-ring (bicyclic) bond motifs is 1. The fraction of sp³-hybridized carbons (Fsp3) is 0.500. The Morgan fingerprint density at radius 2 is 1.89 bits per heavy atom. The molecule has 1 aliphatic heterocycles. The Labute approximate surface area is 119 Å². The lowest BCUT2D eigenvalue weighted by molar-refractivity contribution is 0.278. The second-order valence-corrected chi connectivity index (χ2v) is 6.40. The minimum atomic E-state index is 0.634. The van der Waals surface area contributed by atoms with Crippen molar-refractivity contribution in [2.45, 2.75) is 38.8 Å². The largest absolute Gasteiger partial charge is 0.326 e. The number of nitrogens with zero attached hydrogens (tertiary/aromatic N) is 1. The summed E-state index contributed by atoms with van der Waals surface area (Å²) in [4.78, 5) is 2.61. The minimum absolute atomic E-state index is 0.634. The van der Waals surface area contributed by atoms with Gasteiger partial charge in [-0.05, 0) is 60.0 Å². The number of likely N-dealkylation sites (tertiary alicyclic amines) is 1. The summed E-state index contributed by atoms with van der Waals surface area (Å²) in [5.41, 5.74) is 8.48. The Balaban J connectivity index is 1.83. The molecule has 2 N–H and O–H groups in total. The molecule has 0 bridgehead atoms. The first-order chi connectivity index (χ1) is 9.36. The van der Waals surface area contributed by atoms with Crippen molar-refractivity contribution in [1.29, 1.82) is 0 Å². The van der Waals surface area contributed by atoms with Gasteiger partial charge in [-0.3, -0.25) is 4.90 Å². The number of rotatable bonds is 3. The molecule has 102 valence electrons. The van der Waals surface area contributed by atoms with Crippen LogP contribution in [0.5, 0.6) is 0 Å². The zero-order valence-corrected chi connectivity index (χ0v) is 12.2. The van der Waals surface area contributed by atoms with E-state index in [0.717, 1.165) is 6.54 Å². The zero-order valence-electron chi connectivity index (χ0n) is 11.4. The Hall–Kier alpha value is -0.900. The van der Waals surface area contributed by atoms with Crippen LogP contribution in [0.1, 0.15) is 36.8 Å². The van der Waals surface area contributed by atoms with E-state index in [1.165, 1.54) is 60.0 Å². The Kier molecular flexibility index (Phi) is 4.16. The van der Waals surface area contributed by atoms with Crippen LogP contribution in [0.15, 0.2) is 23.6 Å². The van der Waals surface area contributed by atoms with E-state index in [1.807, 2.05) is 11.3 Å². The fourth-order valence-electron chi connectivity index (χ4n) is 2.91. The number of hydrogen-bond acceptors (Lipinski definition) is 3. The second kappa shape index (κ2) is 6.04. The lowest BCUT2D eigenvalue weighted by Crippen LogP contribution is -2.23. The normalized spacial score (nSPS) is 17.7. The highest BCUT2D eigenvalue weighted by Gasteiger charge is 2.12. The van der Waals surface area contributed by atoms with Crippen LogP contribution in [0.2, 0.25) is 0 Å². The molecule has 2 nitrogen and oxygen atoms in total. The standard InChI is InChI=1S/C16H22N2S/c17-10-13-5-6-16-15(9-13)14(12-19-16)11-18-7-3-1-2-4-8-18/h5-6,9,12H,1-4,7-8,10-11,17H2. The van der Waals surface area contributed by atoms with Crippen molar-refractivity contribution >= 4 is 21.4 Å². The molecule has 2 aromatic rings. The predicted octanol–water partition coefficient (Wildman–Crippen LogP) is 3.74. The summed E-state index contributed by atoms with van der Waals surface area (Å²) >= 11 is 1.86. The monoisotopic (exact) mass is 274 g/mol. The summed E-state index contributed by atoms with van der Waals surface area (Å²) in [5.74, 6) is 0. The van der Waals surface area contributed by atoms with Gasteiger partial charge in [0.2, 0.25) is 0 Å². The number of benzene rings is 1. The molecule has 0 atom stereocenters. The van der Waals surface area contributed by atoms with E-state index in [9.17, 15) is 0 Å². The highest BCUT2D eigenvalue weighted by atomic mass is 32.1. The smallest absolute Gasteiger partial charge is 0.0346 e. The van der Waals surface area contributed by atoms with Crippen molar-refractivity contribution in [2.75, 3.05) is 13.1 Å². The predicted molar refractivity (Wildman–Crippen MR) is 83.5 cm³/mol. The SMILES string of the molecule is NCc1ccc2scc(CN3CCCCCC3)c2c1. The molecule has 0 aliphatic carbocycles. The molecule has 0 radical (unpaired) electrons. The first-order valence-electron chi connectivity index (χ1n) is 7.28. The molecule has 2 heterocycles. The van der Waals surface area contributed by atoms with Crippen LogP contribution >= 0.6 is 11.3 Å². The summed E-state index contributed by atoms with van der Waals surface area (Å²) in [6.07, 6.45) is 5.52. The molecular formula is C16H22N2S. The quantitative estimate of drug-likeness (QED) is 0.924. The van der Waals surface area contributed by atoms with Gasteiger partial charge in [0.15, 0.2) is 0 Å². The van der Waals surface area contributed by atoms with Gasteiger partial charge >= 0.3 is 0 Å². The van der Waals surface area contributed by atoms with Crippen molar-refractivity contribution in [3.63, 3.8) is 0 Å². The Morgan fingerprint density at radius 1 is 1.11 bits per heavy atom. The third-order valence-corrected chi connectivity index (χ3v) is 5.06. The highest BCUT2D eigenvalue weighted by molar-refractivity contribution is 7.17. The molecule has 1 fully saturated rings. The second-order valence-electron chi connectivity index (χ2n) is 5.49. The van der Waals surface area contributed by atoms with Gasteiger partial charge in [-0.15, -0.1) is 11.3 Å². The molecular weight excluding hydrogens is 252 g/mol. The van der Waals surface area contributed by atoms with E-state index in [4.69, 9.17) is 5.73 Å². The van der Waals surface area contributed by atoms with Crippen LogP contribution < -0.4 is 5.73 Å². The van der Waals surface area contributed by atoms with E-state index < -0.39 is 0 Å². The molecule has 3 heteroatoms. The first-order valence-corrected chi connectivity index (χ1v) is 8.16. The van der Waals surface area contributed by atoms with E-state index in [2.05, 4.69) is 28.5 Å². The van der Waals surface area contributed by atoms with Crippen molar-refractivity contribution in [2.24, 2.45) is 5.73 Å². The summed E-state index contributed by atoms with van der Waals surface area (Å²) in [5, 5.41) is 3.74. The maximum Gasteiger partial charge on any atom is 0.0346 e. The topological polar surface area (TPSA) is 29.3 Å². The minimum Gasteiger partial charge on any atom is -0.326 e. The van der Waals surface area contributed by atoms with Crippen molar-refractivity contribution in [3.05, 3.63) is 34.7 Å². The van der Waals surface area contributed by atoms with Crippen LogP contribution in [0.4, 0.5) is 0 Å². The van der Waals surface area contributed by atoms with Crippen LogP contribution in [0.25, 0.3) is 10.1 Å². The number of hydrogen-bond donors (Lipinski definition) is 1. The summed E-state index contributed by atoms with van der Waals surface area (Å²) < 4.78 is 1.39. The molecule has 1 aromatic carbocycles. The van der Waals surface area contributed by atoms with Crippen LogP contribution in [-0.4, -0.2) is 18.0 Å². The molecule has 3 rings (SSSR count). The van der Waals surface area contributed by atoms with Gasteiger partial charge in [0, 0.05) is 17.8 Å². The molecule has 1 saturated heterocycles. The number of nitrogens with two attached hydrogens (primary N) is 1. The van der Waals surface area contributed by atoms with Crippen LogP contribution in [0, 0.1) is 0 Å². The number of thiophene rings is 1. The fourth-order valence-corrected chi connectivity index (χ4v) is 3.85. The Morgan fingerprint density at radius 3 is 2.63 bits per heavy atom.